The van der Waals surface area contributed by atoms with E-state index in [9.17, 15) is 24.0 Å². The fraction of sp³-hybridized carbons (Fsp3) is 0.704. The quantitative estimate of drug-likeness (QED) is 0.179. The van der Waals surface area contributed by atoms with Gasteiger partial charge < -0.3 is 33.2 Å². The normalized spacial score (nSPS) is 19.9. The number of hydrogen-bond donors (Lipinski definition) is 2. The van der Waals surface area contributed by atoms with E-state index in [-0.39, 0.29) is 18.3 Å². The van der Waals surface area contributed by atoms with Crippen molar-refractivity contribution >= 4 is 36.1 Å². The van der Waals surface area contributed by atoms with Crippen molar-refractivity contribution in [1.29, 1.82) is 0 Å². The third-order valence-electron chi connectivity index (χ3n) is 5.28. The largest absolute Gasteiger partial charge is 0.480 e. The summed E-state index contributed by atoms with van der Waals surface area (Å²) in [6.45, 7) is 13.6. The standard InChI is InChI=1S/C27H43N3O12/c1-14-17(28-23(29-24(34)41-26(4,5)6)30-25(35)42-27(7,8)9)12-18(22(33)37-11)40-20(14)21(36-10)19(39-16(3)32)13-38-15(2)31/h12,14,17,19-21H,13H2,1-11H3,(H2,28,29,30,34,35)/t14-,17+,19-,20-,21-/m1/s1. The van der Waals surface area contributed by atoms with Gasteiger partial charge >= 0.3 is 30.1 Å². The van der Waals surface area contributed by atoms with E-state index in [0.29, 0.717) is 0 Å². The Morgan fingerprint density at radius 1 is 0.929 bits per heavy atom. The molecule has 0 fully saturated rings. The molecule has 0 aliphatic carbocycles. The van der Waals surface area contributed by atoms with Gasteiger partial charge in [-0.05, 0) is 47.6 Å². The van der Waals surface area contributed by atoms with E-state index in [1.807, 2.05) is 0 Å². The Hall–Kier alpha value is -3.88. The number of aliphatic imine (C=N–C) groups is 1. The molecular formula is C27H43N3O12. The molecule has 0 spiro atoms. The van der Waals surface area contributed by atoms with Crippen LogP contribution in [0.25, 0.3) is 0 Å². The number of methoxy groups -OCH3 is 2. The summed E-state index contributed by atoms with van der Waals surface area (Å²) < 4.78 is 37.3. The second-order valence-corrected chi connectivity index (χ2v) is 11.3. The van der Waals surface area contributed by atoms with Crippen LogP contribution in [0.5, 0.6) is 0 Å². The van der Waals surface area contributed by atoms with Crippen LogP contribution in [0.3, 0.4) is 0 Å². The first-order valence-corrected chi connectivity index (χ1v) is 13.1. The molecule has 42 heavy (non-hydrogen) atoms. The summed E-state index contributed by atoms with van der Waals surface area (Å²) in [5.41, 5.74) is -1.73. The average Bonchev–Trinajstić information content (AvgIpc) is 2.81. The third kappa shape index (κ3) is 12.7. The highest BCUT2D eigenvalue weighted by Crippen LogP contribution is 2.31. The Bertz CT molecular complexity index is 1030. The molecule has 1 aliphatic rings. The number of rotatable bonds is 8. The Labute approximate surface area is 245 Å². The summed E-state index contributed by atoms with van der Waals surface area (Å²) in [4.78, 5) is 65.5. The van der Waals surface area contributed by atoms with Crippen molar-refractivity contribution in [2.24, 2.45) is 10.9 Å². The van der Waals surface area contributed by atoms with E-state index >= 15 is 0 Å². The molecule has 5 atom stereocenters. The molecule has 15 heteroatoms. The molecule has 1 rings (SSSR count). The number of nitrogens with one attached hydrogen (secondary N) is 2. The molecule has 2 N–H and O–H groups in total. The molecule has 0 aromatic heterocycles. The van der Waals surface area contributed by atoms with Crippen LogP contribution in [0.4, 0.5) is 9.59 Å². The van der Waals surface area contributed by atoms with Crippen LogP contribution in [0.2, 0.25) is 0 Å². The van der Waals surface area contributed by atoms with Crippen molar-refractivity contribution in [2.45, 2.75) is 97.9 Å². The minimum Gasteiger partial charge on any atom is -0.480 e. The van der Waals surface area contributed by atoms with E-state index in [4.69, 9.17) is 33.2 Å². The molecule has 2 amide bonds. The Balaban J connectivity index is 3.58. The lowest BCUT2D eigenvalue weighted by Crippen LogP contribution is -2.53. The molecule has 1 heterocycles. The molecule has 1 aliphatic heterocycles. The molecular weight excluding hydrogens is 558 g/mol. The Kier molecular flexibility index (Phi) is 13.2. The van der Waals surface area contributed by atoms with Gasteiger partial charge in [0.05, 0.1) is 13.2 Å². The van der Waals surface area contributed by atoms with Crippen molar-refractivity contribution in [2.75, 3.05) is 20.8 Å². The van der Waals surface area contributed by atoms with E-state index in [1.165, 1.54) is 27.0 Å². The maximum Gasteiger partial charge on any atom is 0.414 e. The van der Waals surface area contributed by atoms with Crippen LogP contribution >= 0.6 is 0 Å². The summed E-state index contributed by atoms with van der Waals surface area (Å²) in [5, 5.41) is 4.78. The SMILES string of the molecule is COC(=O)C1=C[C@H](N=C(NC(=O)OC(C)(C)C)NC(=O)OC(C)(C)C)[C@@H](C)[C@H]([C@H](OC)[C@@H](COC(C)=O)OC(C)=O)O1. The molecule has 0 unspecified atom stereocenters. The third-order valence-corrected chi connectivity index (χ3v) is 5.28. The second-order valence-electron chi connectivity index (χ2n) is 11.3. The molecule has 15 nitrogen and oxygen atoms in total. The van der Waals surface area contributed by atoms with E-state index < -0.39 is 71.6 Å². The van der Waals surface area contributed by atoms with Gasteiger partial charge in [0.25, 0.3) is 0 Å². The highest BCUT2D eigenvalue weighted by Gasteiger charge is 2.44. The number of carbonyl (C=O) groups is 5. The minimum atomic E-state index is -1.13. The highest BCUT2D eigenvalue weighted by molar-refractivity contribution is 6.01. The zero-order valence-corrected chi connectivity index (χ0v) is 26.0. The number of ether oxygens (including phenoxy) is 7. The van der Waals surface area contributed by atoms with Gasteiger partial charge in [0.15, 0.2) is 6.10 Å². The number of carbonyl (C=O) groups excluding carboxylic acids is 5. The number of nitrogens with zero attached hydrogens (tertiary/aromatic N) is 1. The zero-order valence-electron chi connectivity index (χ0n) is 26.0. The smallest absolute Gasteiger partial charge is 0.414 e. The van der Waals surface area contributed by atoms with Gasteiger partial charge in [-0.15, -0.1) is 0 Å². The predicted octanol–water partition coefficient (Wildman–Crippen LogP) is 2.36. The maximum absolute atomic E-state index is 12.6. The van der Waals surface area contributed by atoms with E-state index in [1.54, 1.807) is 48.5 Å². The van der Waals surface area contributed by atoms with Gasteiger partial charge in [0.2, 0.25) is 11.7 Å². The van der Waals surface area contributed by atoms with Crippen molar-refractivity contribution in [3.8, 4) is 0 Å². The van der Waals surface area contributed by atoms with Crippen molar-refractivity contribution < 1.29 is 57.1 Å². The van der Waals surface area contributed by atoms with Crippen molar-refractivity contribution in [3.05, 3.63) is 11.8 Å². The lowest BCUT2D eigenvalue weighted by molar-refractivity contribution is -0.179. The first kappa shape index (κ1) is 36.1. The van der Waals surface area contributed by atoms with Gasteiger partial charge in [0.1, 0.15) is 30.0 Å². The van der Waals surface area contributed by atoms with Gasteiger partial charge in [-0.1, -0.05) is 6.92 Å². The van der Waals surface area contributed by atoms with Crippen LogP contribution in [0.1, 0.15) is 62.3 Å². The summed E-state index contributed by atoms with van der Waals surface area (Å²) in [7, 11) is 2.46. The minimum absolute atomic E-state index is 0.264. The number of hydrogen-bond acceptors (Lipinski definition) is 13. The van der Waals surface area contributed by atoms with Crippen molar-refractivity contribution in [3.63, 3.8) is 0 Å². The fourth-order valence-corrected chi connectivity index (χ4v) is 3.68. The van der Waals surface area contributed by atoms with Gasteiger partial charge in [0, 0.05) is 26.9 Å². The van der Waals surface area contributed by atoms with Crippen LogP contribution in [0, 0.1) is 5.92 Å². The van der Waals surface area contributed by atoms with E-state index in [2.05, 4.69) is 15.6 Å². The molecule has 0 saturated carbocycles. The first-order valence-electron chi connectivity index (χ1n) is 13.1. The number of alkyl carbamates (subject to hydrolysis) is 2. The van der Waals surface area contributed by atoms with Gasteiger partial charge in [-0.3, -0.25) is 20.2 Å². The number of esters is 3. The van der Waals surface area contributed by atoms with Gasteiger partial charge in [-0.2, -0.15) is 0 Å². The summed E-state index contributed by atoms with van der Waals surface area (Å²) in [5.74, 6) is -3.42. The summed E-state index contributed by atoms with van der Waals surface area (Å²) in [6, 6.07) is -0.956. The Morgan fingerprint density at radius 2 is 1.45 bits per heavy atom. The molecule has 0 aromatic carbocycles. The first-order chi connectivity index (χ1) is 19.3. The number of guanidine groups is 1. The molecule has 0 saturated heterocycles. The molecule has 238 valence electrons. The van der Waals surface area contributed by atoms with Gasteiger partial charge in [-0.25, -0.2) is 19.4 Å². The van der Waals surface area contributed by atoms with Crippen LogP contribution in [-0.4, -0.2) is 92.4 Å². The van der Waals surface area contributed by atoms with Crippen LogP contribution in [-0.2, 0) is 47.5 Å². The fourth-order valence-electron chi connectivity index (χ4n) is 3.68. The highest BCUT2D eigenvalue weighted by atomic mass is 16.6. The zero-order chi connectivity index (χ0) is 32.4. The summed E-state index contributed by atoms with van der Waals surface area (Å²) >= 11 is 0. The topological polar surface area (TPSA) is 186 Å². The van der Waals surface area contributed by atoms with Crippen LogP contribution in [0.15, 0.2) is 16.8 Å². The monoisotopic (exact) mass is 601 g/mol. The van der Waals surface area contributed by atoms with Crippen molar-refractivity contribution in [1.82, 2.24) is 10.6 Å². The Morgan fingerprint density at radius 3 is 1.86 bits per heavy atom. The number of amides is 2. The molecule has 0 aromatic rings. The maximum atomic E-state index is 12.6. The molecule has 0 radical (unpaired) electrons. The van der Waals surface area contributed by atoms with E-state index in [0.717, 1.165) is 7.11 Å². The second kappa shape index (κ2) is 15.4. The predicted molar refractivity (Wildman–Crippen MR) is 147 cm³/mol. The lowest BCUT2D eigenvalue weighted by Gasteiger charge is -2.39. The summed E-state index contributed by atoms with van der Waals surface area (Å²) in [6.07, 6.45) is -3.75. The van der Waals surface area contributed by atoms with Crippen LogP contribution < -0.4 is 10.6 Å². The lowest BCUT2D eigenvalue weighted by atomic mass is 9.87. The average molecular weight is 602 g/mol. The molecule has 0 bridgehead atoms.